The average molecular weight is 293 g/mol. The van der Waals surface area contributed by atoms with E-state index in [-0.39, 0.29) is 37.2 Å². The van der Waals surface area contributed by atoms with Crippen molar-refractivity contribution in [3.05, 3.63) is 0 Å². The van der Waals surface area contributed by atoms with Crippen molar-refractivity contribution < 1.29 is 0 Å². The number of nitrogens with one attached hydrogen (secondary N) is 1. The normalized spacial score (nSPS) is 23.8. The molecule has 6 heteroatoms. The van der Waals surface area contributed by atoms with E-state index in [4.69, 9.17) is 0 Å². The lowest BCUT2D eigenvalue weighted by Gasteiger charge is -2.39. The highest BCUT2D eigenvalue weighted by Crippen LogP contribution is 2.15. The number of nitrogens with zero attached hydrogens (tertiary/aromatic N) is 2. The van der Waals surface area contributed by atoms with Crippen LogP contribution in [0.15, 0.2) is 0 Å². The summed E-state index contributed by atoms with van der Waals surface area (Å²) in [6.07, 6.45) is 2.74. The van der Waals surface area contributed by atoms with Crippen molar-refractivity contribution in [2.75, 3.05) is 46.3 Å². The molecule has 3 nitrogen and oxygen atoms in total. The number of hydrogen-bond acceptors (Lipinski definition) is 3. The molecule has 2 saturated heterocycles. The molecular weight excluding hydrogens is 268 g/mol. The van der Waals surface area contributed by atoms with E-state index in [0.717, 1.165) is 6.04 Å². The summed E-state index contributed by atoms with van der Waals surface area (Å²) in [4.78, 5) is 5.11. The molecule has 16 heavy (non-hydrogen) atoms. The molecule has 0 unspecified atom stereocenters. The fraction of sp³-hybridized carbons (Fsp3) is 1.00. The van der Waals surface area contributed by atoms with E-state index in [0.29, 0.717) is 0 Å². The number of halogens is 3. The minimum absolute atomic E-state index is 0. The Hall–Kier alpha value is 0.750. The number of hydrogen-bond donors (Lipinski definition) is 1. The molecule has 0 saturated carbocycles. The van der Waals surface area contributed by atoms with E-state index in [1.54, 1.807) is 0 Å². The second-order valence-electron chi connectivity index (χ2n) is 4.32. The first-order valence-corrected chi connectivity index (χ1v) is 5.49. The maximum atomic E-state index is 3.41. The molecule has 2 aliphatic rings. The lowest BCUT2D eigenvalue weighted by molar-refractivity contribution is 0.109. The highest BCUT2D eigenvalue weighted by molar-refractivity contribution is 5.86. The van der Waals surface area contributed by atoms with Gasteiger partial charge in [0.05, 0.1) is 0 Å². The van der Waals surface area contributed by atoms with Crippen molar-refractivity contribution >= 4 is 37.2 Å². The SMILES string of the molecule is CN1CCC(N2CCNCC2)CC1.Cl.Cl.Cl. The molecule has 0 aromatic rings. The zero-order valence-electron chi connectivity index (χ0n) is 9.85. The molecule has 0 radical (unpaired) electrons. The van der Waals surface area contributed by atoms with Gasteiger partial charge in [-0.2, -0.15) is 0 Å². The van der Waals surface area contributed by atoms with E-state index < -0.39 is 0 Å². The quantitative estimate of drug-likeness (QED) is 0.785. The van der Waals surface area contributed by atoms with Gasteiger partial charge in [0.15, 0.2) is 0 Å². The third-order valence-corrected chi connectivity index (χ3v) is 3.36. The number of rotatable bonds is 1. The Morgan fingerprint density at radius 1 is 0.875 bits per heavy atom. The summed E-state index contributed by atoms with van der Waals surface area (Å²) in [5, 5.41) is 3.41. The maximum absolute atomic E-state index is 3.41. The first kappa shape index (κ1) is 19.1. The molecule has 2 heterocycles. The Labute approximate surface area is 118 Å². The number of piperazine rings is 1. The van der Waals surface area contributed by atoms with E-state index in [1.165, 1.54) is 52.1 Å². The summed E-state index contributed by atoms with van der Waals surface area (Å²) in [6, 6.07) is 0.873. The van der Waals surface area contributed by atoms with Gasteiger partial charge in [0, 0.05) is 32.2 Å². The van der Waals surface area contributed by atoms with Gasteiger partial charge in [-0.05, 0) is 33.0 Å². The molecule has 0 bridgehead atoms. The molecule has 100 valence electrons. The van der Waals surface area contributed by atoms with Crippen molar-refractivity contribution in [2.45, 2.75) is 18.9 Å². The van der Waals surface area contributed by atoms with Crippen molar-refractivity contribution in [1.82, 2.24) is 15.1 Å². The summed E-state index contributed by atoms with van der Waals surface area (Å²) >= 11 is 0. The van der Waals surface area contributed by atoms with Crippen LogP contribution in [0.25, 0.3) is 0 Å². The number of piperidine rings is 1. The first-order valence-electron chi connectivity index (χ1n) is 5.49. The van der Waals surface area contributed by atoms with E-state index in [1.807, 2.05) is 0 Å². The molecule has 0 aromatic heterocycles. The van der Waals surface area contributed by atoms with Crippen LogP contribution in [-0.4, -0.2) is 62.2 Å². The van der Waals surface area contributed by atoms with Crippen molar-refractivity contribution in [2.24, 2.45) is 0 Å². The standard InChI is InChI=1S/C10H21N3.3ClH/c1-12-6-2-10(3-7-12)13-8-4-11-5-9-13;;;/h10-11H,2-9H2,1H3;3*1H. The van der Waals surface area contributed by atoms with Gasteiger partial charge in [0.1, 0.15) is 0 Å². The van der Waals surface area contributed by atoms with Crippen LogP contribution in [0.2, 0.25) is 0 Å². The largest absolute Gasteiger partial charge is 0.314 e. The zero-order chi connectivity index (χ0) is 9.10. The smallest absolute Gasteiger partial charge is 0.0121 e. The van der Waals surface area contributed by atoms with Gasteiger partial charge >= 0.3 is 0 Å². The zero-order valence-corrected chi connectivity index (χ0v) is 12.3. The average Bonchev–Trinajstić information content (AvgIpc) is 2.20. The molecule has 0 aliphatic carbocycles. The fourth-order valence-corrected chi connectivity index (χ4v) is 2.41. The minimum Gasteiger partial charge on any atom is -0.314 e. The third kappa shape index (κ3) is 5.39. The molecule has 2 fully saturated rings. The lowest BCUT2D eigenvalue weighted by Crippen LogP contribution is -2.51. The van der Waals surface area contributed by atoms with Crippen LogP contribution in [0.5, 0.6) is 0 Å². The Morgan fingerprint density at radius 3 is 1.88 bits per heavy atom. The molecule has 0 atom stereocenters. The van der Waals surface area contributed by atoms with E-state index in [9.17, 15) is 0 Å². The van der Waals surface area contributed by atoms with Gasteiger partial charge in [-0.15, -0.1) is 37.2 Å². The molecule has 2 aliphatic heterocycles. The Kier molecular flexibility index (Phi) is 11.6. The van der Waals surface area contributed by atoms with Crippen LogP contribution in [0.4, 0.5) is 0 Å². The van der Waals surface area contributed by atoms with Crippen molar-refractivity contribution in [3.63, 3.8) is 0 Å². The van der Waals surface area contributed by atoms with Gasteiger partial charge in [-0.25, -0.2) is 0 Å². The number of likely N-dealkylation sites (tertiary alicyclic amines) is 1. The second-order valence-corrected chi connectivity index (χ2v) is 4.32. The Bertz CT molecular complexity index is 157. The van der Waals surface area contributed by atoms with E-state index >= 15 is 0 Å². The van der Waals surface area contributed by atoms with Crippen molar-refractivity contribution in [1.29, 1.82) is 0 Å². The molecule has 0 amide bonds. The van der Waals surface area contributed by atoms with Gasteiger partial charge in [-0.3, -0.25) is 4.90 Å². The topological polar surface area (TPSA) is 18.5 Å². The van der Waals surface area contributed by atoms with Gasteiger partial charge in [0.25, 0.3) is 0 Å². The lowest BCUT2D eigenvalue weighted by atomic mass is 10.0. The predicted molar refractivity (Wildman–Crippen MR) is 76.7 cm³/mol. The van der Waals surface area contributed by atoms with E-state index in [2.05, 4.69) is 22.2 Å². The highest BCUT2D eigenvalue weighted by Gasteiger charge is 2.23. The summed E-state index contributed by atoms with van der Waals surface area (Å²) < 4.78 is 0. The summed E-state index contributed by atoms with van der Waals surface area (Å²) in [5.41, 5.74) is 0. The van der Waals surface area contributed by atoms with Crippen LogP contribution in [0, 0.1) is 0 Å². The second kappa shape index (κ2) is 9.75. The molecule has 2 rings (SSSR count). The van der Waals surface area contributed by atoms with Crippen molar-refractivity contribution in [3.8, 4) is 0 Å². The van der Waals surface area contributed by atoms with Gasteiger partial charge in [0.2, 0.25) is 0 Å². The Morgan fingerprint density at radius 2 is 1.38 bits per heavy atom. The molecular formula is C10H24Cl3N3. The van der Waals surface area contributed by atoms with Crippen LogP contribution in [0.1, 0.15) is 12.8 Å². The van der Waals surface area contributed by atoms with Crippen LogP contribution < -0.4 is 5.32 Å². The summed E-state index contributed by atoms with van der Waals surface area (Å²) in [7, 11) is 2.23. The van der Waals surface area contributed by atoms with Gasteiger partial charge < -0.3 is 10.2 Å². The third-order valence-electron chi connectivity index (χ3n) is 3.36. The molecule has 1 N–H and O–H groups in total. The van der Waals surface area contributed by atoms with Crippen LogP contribution in [-0.2, 0) is 0 Å². The Balaban J connectivity index is 0. The van der Waals surface area contributed by atoms with Gasteiger partial charge in [-0.1, -0.05) is 0 Å². The molecule has 0 spiro atoms. The summed E-state index contributed by atoms with van der Waals surface area (Å²) in [5.74, 6) is 0. The first-order chi connectivity index (χ1) is 6.36. The fourth-order valence-electron chi connectivity index (χ4n) is 2.41. The minimum atomic E-state index is 0. The highest BCUT2D eigenvalue weighted by atomic mass is 35.5. The van der Waals surface area contributed by atoms with Crippen LogP contribution >= 0.6 is 37.2 Å². The molecule has 0 aromatic carbocycles. The monoisotopic (exact) mass is 291 g/mol. The maximum Gasteiger partial charge on any atom is 0.0121 e. The van der Waals surface area contributed by atoms with Crippen LogP contribution in [0.3, 0.4) is 0 Å². The summed E-state index contributed by atoms with van der Waals surface area (Å²) in [6.45, 7) is 7.46. The predicted octanol–water partition coefficient (Wildman–Crippen LogP) is 1.25.